The van der Waals surface area contributed by atoms with Gasteiger partial charge in [0, 0.05) is 11.6 Å². The Labute approximate surface area is 163 Å². The molecule has 7 heteroatoms. The van der Waals surface area contributed by atoms with E-state index in [-0.39, 0.29) is 17.8 Å². The molecule has 3 fully saturated rings. The van der Waals surface area contributed by atoms with Crippen molar-refractivity contribution in [3.8, 4) is 11.5 Å². The SMILES string of the molecule is CCOC(=O)[C@H]1OC12CC[C@@]1(O)[C@@H]3Cc4ccc(O)c5c4[C@@]1(CCN3C)[C@H]2O5. The highest BCUT2D eigenvalue weighted by Crippen LogP contribution is 2.70. The number of phenols is 1. The third kappa shape index (κ3) is 1.63. The number of benzene rings is 1. The lowest BCUT2D eigenvalue weighted by Crippen LogP contribution is -2.77. The van der Waals surface area contributed by atoms with Crippen LogP contribution in [0, 0.1) is 0 Å². The molecule has 2 spiro atoms. The summed E-state index contributed by atoms with van der Waals surface area (Å²) in [7, 11) is 2.06. The van der Waals surface area contributed by atoms with Gasteiger partial charge in [0.25, 0.3) is 0 Å². The van der Waals surface area contributed by atoms with Gasteiger partial charge >= 0.3 is 5.97 Å². The highest BCUT2D eigenvalue weighted by molar-refractivity contribution is 5.80. The number of aliphatic hydroxyl groups is 1. The fourth-order valence-corrected chi connectivity index (χ4v) is 6.82. The summed E-state index contributed by atoms with van der Waals surface area (Å²) in [5.74, 6) is 0.183. The monoisotopic (exact) mass is 387 g/mol. The van der Waals surface area contributed by atoms with E-state index in [4.69, 9.17) is 14.2 Å². The summed E-state index contributed by atoms with van der Waals surface area (Å²) in [6, 6.07) is 3.60. The Morgan fingerprint density at radius 2 is 2.18 bits per heavy atom. The predicted molar refractivity (Wildman–Crippen MR) is 97.4 cm³/mol. The molecule has 0 amide bonds. The Morgan fingerprint density at radius 1 is 1.36 bits per heavy atom. The molecule has 3 aliphatic heterocycles. The molecule has 2 N–H and O–H groups in total. The van der Waals surface area contributed by atoms with E-state index >= 15 is 0 Å². The van der Waals surface area contributed by atoms with Crippen LogP contribution in [0.15, 0.2) is 12.1 Å². The van der Waals surface area contributed by atoms with Gasteiger partial charge in [-0.05, 0) is 57.8 Å². The van der Waals surface area contributed by atoms with Gasteiger partial charge in [-0.2, -0.15) is 0 Å². The standard InChI is InChI=1S/C21H25NO6/c1-3-26-17(24)16-20(28-16)6-7-21(25)13-10-11-4-5-12(23)15-14(11)19(21,18(20)27-15)8-9-22(13)2/h4-5,13,16,18,23,25H,3,6-10H2,1-2H3/t13-,16+,18+,19-,20?,21+/m0/s1. The van der Waals surface area contributed by atoms with Crippen molar-refractivity contribution in [2.24, 2.45) is 0 Å². The van der Waals surface area contributed by atoms with Crippen LogP contribution in [-0.4, -0.2) is 70.7 Å². The zero-order chi connectivity index (χ0) is 19.5. The van der Waals surface area contributed by atoms with Gasteiger partial charge in [0.1, 0.15) is 11.7 Å². The third-order valence-corrected chi connectivity index (χ3v) is 8.05. The molecule has 6 rings (SSSR count). The van der Waals surface area contributed by atoms with Crippen molar-refractivity contribution in [2.75, 3.05) is 20.2 Å². The van der Waals surface area contributed by atoms with E-state index in [2.05, 4.69) is 11.9 Å². The normalized spacial score (nSPS) is 44.8. The average molecular weight is 387 g/mol. The Bertz CT molecular complexity index is 903. The second-order valence-electron chi connectivity index (χ2n) is 9.00. The van der Waals surface area contributed by atoms with Gasteiger partial charge in [0.05, 0.1) is 17.6 Å². The lowest BCUT2D eigenvalue weighted by Gasteiger charge is -2.63. The second kappa shape index (κ2) is 5.01. The largest absolute Gasteiger partial charge is 0.504 e. The number of nitrogens with zero attached hydrogens (tertiary/aromatic N) is 1. The summed E-state index contributed by atoms with van der Waals surface area (Å²) in [6.45, 7) is 2.90. The van der Waals surface area contributed by atoms with E-state index < -0.39 is 28.8 Å². The Morgan fingerprint density at radius 3 is 2.96 bits per heavy atom. The molecule has 2 saturated heterocycles. The smallest absolute Gasteiger partial charge is 0.338 e. The molecule has 28 heavy (non-hydrogen) atoms. The molecule has 5 aliphatic rings. The highest BCUT2D eigenvalue weighted by atomic mass is 16.7. The topological polar surface area (TPSA) is 91.8 Å². The van der Waals surface area contributed by atoms with Gasteiger partial charge in [0.15, 0.2) is 17.6 Å². The molecular formula is C21H25NO6. The van der Waals surface area contributed by atoms with Crippen molar-refractivity contribution in [1.82, 2.24) is 4.90 Å². The van der Waals surface area contributed by atoms with Crippen molar-refractivity contribution in [3.05, 3.63) is 23.3 Å². The molecular weight excluding hydrogens is 362 g/mol. The van der Waals surface area contributed by atoms with Gasteiger partial charge in [0.2, 0.25) is 0 Å². The Hall–Kier alpha value is -1.83. The highest BCUT2D eigenvalue weighted by Gasteiger charge is 2.82. The summed E-state index contributed by atoms with van der Waals surface area (Å²) in [5.41, 5.74) is -0.402. The van der Waals surface area contributed by atoms with Gasteiger partial charge in [-0.15, -0.1) is 0 Å². The van der Waals surface area contributed by atoms with Gasteiger partial charge in [-0.25, -0.2) is 4.79 Å². The van der Waals surface area contributed by atoms with Crippen molar-refractivity contribution in [3.63, 3.8) is 0 Å². The Balaban J connectivity index is 1.55. The van der Waals surface area contributed by atoms with Crippen LogP contribution in [0.25, 0.3) is 0 Å². The number of ether oxygens (including phenoxy) is 3. The van der Waals surface area contributed by atoms with Crippen LogP contribution in [0.5, 0.6) is 11.5 Å². The number of likely N-dealkylation sites (tertiary alicyclic amines) is 1. The molecule has 6 atom stereocenters. The van der Waals surface area contributed by atoms with Crippen LogP contribution < -0.4 is 4.74 Å². The predicted octanol–water partition coefficient (Wildman–Crippen LogP) is 0.877. The minimum Gasteiger partial charge on any atom is -0.504 e. The maximum Gasteiger partial charge on any atom is 0.338 e. The van der Waals surface area contributed by atoms with Crippen LogP contribution in [0.1, 0.15) is 37.3 Å². The second-order valence-corrected chi connectivity index (χ2v) is 9.00. The molecule has 1 unspecified atom stereocenters. The first kappa shape index (κ1) is 17.1. The minimum absolute atomic E-state index is 0.0208. The molecule has 0 radical (unpaired) electrons. The van der Waals surface area contributed by atoms with E-state index in [1.165, 1.54) is 0 Å². The third-order valence-electron chi connectivity index (χ3n) is 8.05. The minimum atomic E-state index is -0.979. The number of esters is 1. The lowest BCUT2D eigenvalue weighted by atomic mass is 9.47. The molecule has 1 aromatic rings. The quantitative estimate of drug-likeness (QED) is 0.575. The molecule has 3 heterocycles. The van der Waals surface area contributed by atoms with Crippen molar-refractivity contribution in [1.29, 1.82) is 0 Å². The number of phenolic OH excluding ortho intramolecular Hbond substituents is 1. The molecule has 2 aliphatic carbocycles. The van der Waals surface area contributed by atoms with Crippen molar-refractivity contribution < 1.29 is 29.2 Å². The Kier molecular flexibility index (Phi) is 3.05. The van der Waals surface area contributed by atoms with E-state index in [1.54, 1.807) is 13.0 Å². The van der Waals surface area contributed by atoms with Crippen molar-refractivity contribution in [2.45, 2.75) is 67.5 Å². The average Bonchev–Trinajstić information content (AvgIpc) is 3.27. The van der Waals surface area contributed by atoms with E-state index in [0.717, 1.165) is 24.1 Å². The summed E-state index contributed by atoms with van der Waals surface area (Å²) in [5, 5.41) is 22.6. The van der Waals surface area contributed by atoms with Gasteiger partial charge in [-0.1, -0.05) is 6.07 Å². The molecule has 2 bridgehead atoms. The van der Waals surface area contributed by atoms with E-state index in [9.17, 15) is 15.0 Å². The fourth-order valence-electron chi connectivity index (χ4n) is 6.82. The number of hydrogen-bond acceptors (Lipinski definition) is 7. The first-order valence-electron chi connectivity index (χ1n) is 10.2. The van der Waals surface area contributed by atoms with Gasteiger partial charge in [-0.3, -0.25) is 0 Å². The maximum absolute atomic E-state index is 12.4. The van der Waals surface area contributed by atoms with Gasteiger partial charge < -0.3 is 29.3 Å². The number of fused-ring (bicyclic) bond motifs is 1. The summed E-state index contributed by atoms with van der Waals surface area (Å²) >= 11 is 0. The molecule has 7 nitrogen and oxygen atoms in total. The maximum atomic E-state index is 12.4. The van der Waals surface area contributed by atoms with Crippen LogP contribution in [0.2, 0.25) is 0 Å². The first-order chi connectivity index (χ1) is 13.4. The van der Waals surface area contributed by atoms with E-state index in [1.807, 2.05) is 6.07 Å². The van der Waals surface area contributed by atoms with E-state index in [0.29, 0.717) is 31.6 Å². The zero-order valence-electron chi connectivity index (χ0n) is 16.1. The van der Waals surface area contributed by atoms with Crippen LogP contribution in [-0.2, 0) is 26.1 Å². The molecule has 0 aromatic heterocycles. The lowest BCUT2D eigenvalue weighted by molar-refractivity contribution is -0.196. The number of piperidine rings is 1. The number of aromatic hydroxyl groups is 1. The number of hydrogen-bond donors (Lipinski definition) is 2. The molecule has 150 valence electrons. The molecule has 1 aromatic carbocycles. The number of likely N-dealkylation sites (N-methyl/N-ethyl adjacent to an activating group) is 1. The first-order valence-corrected chi connectivity index (χ1v) is 10.2. The van der Waals surface area contributed by atoms with Crippen LogP contribution >= 0.6 is 0 Å². The summed E-state index contributed by atoms with van der Waals surface area (Å²) in [6.07, 6.45) is 1.32. The summed E-state index contributed by atoms with van der Waals surface area (Å²) in [4.78, 5) is 14.7. The number of epoxide rings is 1. The zero-order valence-corrected chi connectivity index (χ0v) is 16.1. The molecule has 1 saturated carbocycles. The van der Waals surface area contributed by atoms with Crippen LogP contribution in [0.4, 0.5) is 0 Å². The number of carbonyl (C=O) groups is 1. The summed E-state index contributed by atoms with van der Waals surface area (Å²) < 4.78 is 17.6. The fraction of sp³-hybridized carbons (Fsp3) is 0.667. The van der Waals surface area contributed by atoms with Crippen LogP contribution in [0.3, 0.4) is 0 Å². The van der Waals surface area contributed by atoms with Crippen molar-refractivity contribution >= 4 is 5.97 Å². The number of carbonyl (C=O) groups excluding carboxylic acids is 1. The number of rotatable bonds is 2.